The Morgan fingerprint density at radius 1 is 1.64 bits per heavy atom. The first-order valence-electron chi connectivity index (χ1n) is 3.82. The van der Waals surface area contributed by atoms with Crippen molar-refractivity contribution in [3.8, 4) is 0 Å². The number of hydrogen-bond donors (Lipinski definition) is 2. The van der Waals surface area contributed by atoms with E-state index < -0.39 is 0 Å². The number of aliphatic hydroxyl groups is 1. The fourth-order valence-electron chi connectivity index (χ4n) is 0.573. The molecule has 0 atom stereocenters. The van der Waals surface area contributed by atoms with E-state index in [9.17, 15) is 4.79 Å². The van der Waals surface area contributed by atoms with E-state index in [0.717, 1.165) is 0 Å². The zero-order valence-electron chi connectivity index (χ0n) is 6.84. The lowest BCUT2D eigenvalue weighted by Gasteiger charge is -1.94. The van der Waals surface area contributed by atoms with Crippen molar-refractivity contribution in [1.29, 1.82) is 0 Å². The predicted octanol–water partition coefficient (Wildman–Crippen LogP) is 0.104. The highest BCUT2D eigenvalue weighted by molar-refractivity contribution is 5.89. The number of carbonyl (C=O) groups excluding carboxylic acids is 1. The minimum Gasteiger partial charge on any atom is -0.395 e. The van der Waals surface area contributed by atoms with Gasteiger partial charge in [-0.3, -0.25) is 4.79 Å². The summed E-state index contributed by atoms with van der Waals surface area (Å²) < 4.78 is 0. The average molecular weight is 157 g/mol. The summed E-state index contributed by atoms with van der Waals surface area (Å²) in [6.07, 6.45) is 3.88. The Balaban J connectivity index is 3.22. The van der Waals surface area contributed by atoms with Gasteiger partial charge in [0.05, 0.1) is 6.61 Å². The Bertz CT molecular complexity index is 132. The van der Waals surface area contributed by atoms with Crippen molar-refractivity contribution < 1.29 is 9.90 Å². The summed E-state index contributed by atoms with van der Waals surface area (Å²) in [5, 5.41) is 11.3. The largest absolute Gasteiger partial charge is 0.395 e. The van der Waals surface area contributed by atoms with Crippen molar-refractivity contribution in [2.24, 2.45) is 0 Å². The first kappa shape index (κ1) is 10.3. The summed E-state index contributed by atoms with van der Waals surface area (Å²) in [5.74, 6) is 0.135. The number of nitrogens with one attached hydrogen (secondary N) is 1. The second kappa shape index (κ2) is 7.44. The Labute approximate surface area is 67.1 Å². The van der Waals surface area contributed by atoms with Crippen LogP contribution in [0.15, 0.2) is 12.2 Å². The molecule has 0 aromatic rings. The van der Waals surface area contributed by atoms with Crippen LogP contribution in [0.4, 0.5) is 0 Å². The van der Waals surface area contributed by atoms with Crippen LogP contribution in [-0.4, -0.2) is 30.6 Å². The maximum absolute atomic E-state index is 10.7. The molecule has 0 bridgehead atoms. The van der Waals surface area contributed by atoms with Crippen LogP contribution >= 0.6 is 0 Å². The van der Waals surface area contributed by atoms with Gasteiger partial charge in [0.25, 0.3) is 0 Å². The highest BCUT2D eigenvalue weighted by Crippen LogP contribution is 1.81. The first-order chi connectivity index (χ1) is 5.31. The van der Waals surface area contributed by atoms with Crippen molar-refractivity contribution in [1.82, 2.24) is 5.32 Å². The zero-order valence-corrected chi connectivity index (χ0v) is 6.84. The predicted molar refractivity (Wildman–Crippen MR) is 44.4 cm³/mol. The summed E-state index contributed by atoms with van der Waals surface area (Å²) in [5.41, 5.74) is 0. The van der Waals surface area contributed by atoms with Gasteiger partial charge >= 0.3 is 0 Å². The minimum atomic E-state index is 0.134. The molecule has 0 rings (SSSR count). The van der Waals surface area contributed by atoms with Crippen molar-refractivity contribution in [2.75, 3.05) is 19.7 Å². The minimum absolute atomic E-state index is 0.134. The monoisotopic (exact) mass is 157 g/mol. The highest BCUT2D eigenvalue weighted by atomic mass is 16.3. The van der Waals surface area contributed by atoms with Gasteiger partial charge in [-0.05, 0) is 6.08 Å². The summed E-state index contributed by atoms with van der Waals surface area (Å²) in [6, 6.07) is 0. The molecule has 0 spiro atoms. The Hall–Kier alpha value is -0.670. The highest BCUT2D eigenvalue weighted by Gasteiger charge is 1.87. The van der Waals surface area contributed by atoms with Crippen molar-refractivity contribution in [3.63, 3.8) is 0 Å². The van der Waals surface area contributed by atoms with Crippen LogP contribution in [-0.2, 0) is 4.79 Å². The van der Waals surface area contributed by atoms with Gasteiger partial charge in [-0.15, -0.1) is 0 Å². The van der Waals surface area contributed by atoms with E-state index in [0.29, 0.717) is 19.5 Å². The maximum atomic E-state index is 10.7. The summed E-state index contributed by atoms with van der Waals surface area (Å²) in [7, 11) is 0. The van der Waals surface area contributed by atoms with Crippen molar-refractivity contribution >= 4 is 5.78 Å². The molecule has 3 nitrogen and oxygen atoms in total. The molecule has 0 aromatic heterocycles. The molecule has 0 radical (unpaired) electrons. The van der Waals surface area contributed by atoms with E-state index in [1.54, 1.807) is 12.2 Å². The van der Waals surface area contributed by atoms with Crippen molar-refractivity contribution in [3.05, 3.63) is 12.2 Å². The van der Waals surface area contributed by atoms with E-state index in [-0.39, 0.29) is 12.4 Å². The van der Waals surface area contributed by atoms with Crippen LogP contribution in [0.5, 0.6) is 0 Å². The summed E-state index contributed by atoms with van der Waals surface area (Å²) in [4.78, 5) is 10.7. The molecule has 0 heterocycles. The third-order valence-electron chi connectivity index (χ3n) is 1.20. The van der Waals surface area contributed by atoms with Gasteiger partial charge < -0.3 is 10.4 Å². The van der Waals surface area contributed by atoms with E-state index in [1.807, 2.05) is 6.92 Å². The number of hydrogen-bond acceptors (Lipinski definition) is 3. The SMILES string of the molecule is CCC(=O)/C=C/CNCCO. The van der Waals surface area contributed by atoms with E-state index in [4.69, 9.17) is 5.11 Å². The molecule has 0 aliphatic carbocycles. The van der Waals surface area contributed by atoms with Crippen LogP contribution in [0.3, 0.4) is 0 Å². The molecular weight excluding hydrogens is 142 g/mol. The average Bonchev–Trinajstić information content (AvgIpc) is 2.04. The second-order valence-electron chi connectivity index (χ2n) is 2.15. The molecule has 11 heavy (non-hydrogen) atoms. The third-order valence-corrected chi connectivity index (χ3v) is 1.20. The Kier molecular flexibility index (Phi) is 6.98. The fourth-order valence-corrected chi connectivity index (χ4v) is 0.573. The number of allylic oxidation sites excluding steroid dienone is 1. The molecule has 0 saturated carbocycles. The molecular formula is C8H15NO2. The first-order valence-corrected chi connectivity index (χ1v) is 3.82. The number of carbonyl (C=O) groups is 1. The smallest absolute Gasteiger partial charge is 0.155 e. The molecule has 0 aliphatic heterocycles. The van der Waals surface area contributed by atoms with Gasteiger partial charge in [-0.2, -0.15) is 0 Å². The molecule has 64 valence electrons. The van der Waals surface area contributed by atoms with Gasteiger partial charge in [-0.25, -0.2) is 0 Å². The molecule has 0 amide bonds. The molecule has 0 aliphatic rings. The molecule has 0 unspecified atom stereocenters. The lowest BCUT2D eigenvalue weighted by molar-refractivity contribution is -0.114. The van der Waals surface area contributed by atoms with Crippen LogP contribution in [0.2, 0.25) is 0 Å². The molecule has 0 fully saturated rings. The van der Waals surface area contributed by atoms with Gasteiger partial charge in [0.15, 0.2) is 5.78 Å². The summed E-state index contributed by atoms with van der Waals surface area (Å²) >= 11 is 0. The lowest BCUT2D eigenvalue weighted by atomic mass is 10.3. The lowest BCUT2D eigenvalue weighted by Crippen LogP contribution is -2.17. The quantitative estimate of drug-likeness (QED) is 0.425. The number of rotatable bonds is 6. The third kappa shape index (κ3) is 7.22. The second-order valence-corrected chi connectivity index (χ2v) is 2.15. The van der Waals surface area contributed by atoms with Gasteiger partial charge in [0, 0.05) is 19.5 Å². The summed E-state index contributed by atoms with van der Waals surface area (Å²) in [6.45, 7) is 3.18. The normalized spacial score (nSPS) is 10.7. The molecule has 0 saturated heterocycles. The number of aliphatic hydroxyl groups excluding tert-OH is 1. The maximum Gasteiger partial charge on any atom is 0.155 e. The molecule has 3 heteroatoms. The van der Waals surface area contributed by atoms with Crippen LogP contribution in [0, 0.1) is 0 Å². The molecule has 0 aromatic carbocycles. The fraction of sp³-hybridized carbons (Fsp3) is 0.625. The number of ketones is 1. The zero-order chi connectivity index (χ0) is 8.53. The van der Waals surface area contributed by atoms with Crippen LogP contribution in [0.25, 0.3) is 0 Å². The van der Waals surface area contributed by atoms with E-state index in [1.165, 1.54) is 0 Å². The molecule has 2 N–H and O–H groups in total. The topological polar surface area (TPSA) is 49.3 Å². The Morgan fingerprint density at radius 3 is 2.91 bits per heavy atom. The van der Waals surface area contributed by atoms with Gasteiger partial charge in [-0.1, -0.05) is 13.0 Å². The van der Waals surface area contributed by atoms with Crippen molar-refractivity contribution in [2.45, 2.75) is 13.3 Å². The van der Waals surface area contributed by atoms with Gasteiger partial charge in [0.1, 0.15) is 0 Å². The van der Waals surface area contributed by atoms with Crippen LogP contribution in [0.1, 0.15) is 13.3 Å². The Morgan fingerprint density at radius 2 is 2.36 bits per heavy atom. The standard InChI is InChI=1S/C8H15NO2/c1-2-8(11)4-3-5-9-6-7-10/h3-4,9-10H,2,5-7H2,1H3/b4-3+. The van der Waals surface area contributed by atoms with E-state index in [2.05, 4.69) is 5.32 Å². The van der Waals surface area contributed by atoms with Crippen LogP contribution < -0.4 is 5.32 Å². The van der Waals surface area contributed by atoms with Gasteiger partial charge in [0.2, 0.25) is 0 Å². The van der Waals surface area contributed by atoms with E-state index >= 15 is 0 Å².